The van der Waals surface area contributed by atoms with Crippen LogP contribution in [0.5, 0.6) is 5.75 Å². The van der Waals surface area contributed by atoms with Gasteiger partial charge in [0.25, 0.3) is 0 Å². The third kappa shape index (κ3) is 5.50. The lowest BCUT2D eigenvalue weighted by Gasteiger charge is -2.02. The molecule has 0 bridgehead atoms. The van der Waals surface area contributed by atoms with Gasteiger partial charge in [0.2, 0.25) is 0 Å². The summed E-state index contributed by atoms with van der Waals surface area (Å²) < 4.78 is 0. The summed E-state index contributed by atoms with van der Waals surface area (Å²) in [6.45, 7) is 0. The quantitative estimate of drug-likeness (QED) is 0.507. The molecule has 0 aliphatic rings. The van der Waals surface area contributed by atoms with Gasteiger partial charge in [-0.15, -0.1) is 0 Å². The van der Waals surface area contributed by atoms with E-state index >= 15 is 0 Å². The molecule has 0 fully saturated rings. The number of phenols is 1. The summed E-state index contributed by atoms with van der Waals surface area (Å²) in [5.41, 5.74) is 15.9. The van der Waals surface area contributed by atoms with E-state index in [1.807, 2.05) is 48.5 Å². The summed E-state index contributed by atoms with van der Waals surface area (Å²) in [5, 5.41) is 8.74. The first kappa shape index (κ1) is 17.1. The maximum atomic E-state index is 10.0. The van der Waals surface area contributed by atoms with Gasteiger partial charge in [0.15, 0.2) is 0 Å². The molecule has 24 heavy (non-hydrogen) atoms. The maximum absolute atomic E-state index is 10.0. The molecule has 0 amide bonds. The van der Waals surface area contributed by atoms with Gasteiger partial charge >= 0.3 is 0 Å². The number of aromatic hydroxyl groups is 1. The number of benzene rings is 3. The first-order valence-corrected chi connectivity index (χ1v) is 7.50. The fourth-order valence-electron chi connectivity index (χ4n) is 2.06. The molecular formula is C20H20N2O2. The van der Waals surface area contributed by atoms with E-state index in [2.05, 4.69) is 0 Å². The van der Waals surface area contributed by atoms with Crippen molar-refractivity contribution in [2.24, 2.45) is 0 Å². The van der Waals surface area contributed by atoms with E-state index in [0.29, 0.717) is 5.56 Å². The van der Waals surface area contributed by atoms with E-state index in [1.165, 1.54) is 23.3 Å². The second-order valence-electron chi connectivity index (χ2n) is 5.37. The van der Waals surface area contributed by atoms with Crippen molar-refractivity contribution in [3.05, 3.63) is 89.5 Å². The molecule has 0 heterocycles. The molecule has 0 saturated carbocycles. The Morgan fingerprint density at radius 3 is 1.50 bits per heavy atom. The number of hydrogen-bond donors (Lipinski definition) is 3. The minimum Gasteiger partial charge on any atom is -0.508 e. The first-order chi connectivity index (χ1) is 11.6. The highest BCUT2D eigenvalue weighted by molar-refractivity contribution is 5.74. The first-order valence-electron chi connectivity index (χ1n) is 7.50. The van der Waals surface area contributed by atoms with E-state index in [4.69, 9.17) is 16.6 Å². The largest absolute Gasteiger partial charge is 0.508 e. The number of hydrogen-bond acceptors (Lipinski definition) is 4. The van der Waals surface area contributed by atoms with Gasteiger partial charge < -0.3 is 16.6 Å². The van der Waals surface area contributed by atoms with Crippen LogP contribution in [-0.4, -0.2) is 11.4 Å². The molecule has 0 radical (unpaired) electrons. The molecule has 0 atom stereocenters. The van der Waals surface area contributed by atoms with Crippen LogP contribution in [0.1, 0.15) is 21.5 Å². The number of phenolic OH excluding ortho intramolecular Hbond substituents is 1. The molecule has 4 heteroatoms. The van der Waals surface area contributed by atoms with E-state index in [9.17, 15) is 4.79 Å². The minimum absolute atomic E-state index is 0.181. The van der Waals surface area contributed by atoms with Crippen molar-refractivity contribution < 1.29 is 9.90 Å². The predicted molar refractivity (Wildman–Crippen MR) is 98.0 cm³/mol. The van der Waals surface area contributed by atoms with Crippen LogP contribution in [-0.2, 0) is 6.42 Å². The average Bonchev–Trinajstić information content (AvgIpc) is 2.60. The second kappa shape index (κ2) is 8.39. The Bertz CT molecular complexity index is 721. The topological polar surface area (TPSA) is 89.3 Å². The van der Waals surface area contributed by atoms with E-state index < -0.39 is 0 Å². The number of anilines is 2. The number of nitrogens with two attached hydrogens (primary N) is 2. The fourth-order valence-corrected chi connectivity index (χ4v) is 2.06. The van der Waals surface area contributed by atoms with Gasteiger partial charge in [-0.1, -0.05) is 24.3 Å². The van der Waals surface area contributed by atoms with Gasteiger partial charge in [0.05, 0.1) is 0 Å². The summed E-state index contributed by atoms with van der Waals surface area (Å²) in [7, 11) is 0. The number of nitrogen functional groups attached to an aromatic ring is 2. The molecule has 5 N–H and O–H groups in total. The molecule has 0 unspecified atom stereocenters. The summed E-state index contributed by atoms with van der Waals surface area (Å²) in [6.07, 6.45) is 1.65. The maximum Gasteiger partial charge on any atom is 0.150 e. The van der Waals surface area contributed by atoms with Crippen LogP contribution in [0.4, 0.5) is 11.4 Å². The molecule has 3 aromatic carbocycles. The predicted octanol–water partition coefficient (Wildman–Crippen LogP) is 3.65. The lowest BCUT2D eigenvalue weighted by Crippen LogP contribution is -1.90. The Kier molecular flexibility index (Phi) is 5.97. The van der Waals surface area contributed by atoms with Crippen molar-refractivity contribution in [3.63, 3.8) is 0 Å². The number of carbonyl (C=O) groups is 1. The van der Waals surface area contributed by atoms with Crippen molar-refractivity contribution >= 4 is 17.7 Å². The van der Waals surface area contributed by atoms with Crippen LogP contribution in [0.3, 0.4) is 0 Å². The molecular weight excluding hydrogens is 300 g/mol. The molecule has 0 aliphatic heterocycles. The molecule has 0 spiro atoms. The average molecular weight is 320 g/mol. The molecule has 3 aromatic rings. The monoisotopic (exact) mass is 320 g/mol. The van der Waals surface area contributed by atoms with Crippen molar-refractivity contribution in [1.82, 2.24) is 0 Å². The highest BCUT2D eigenvalue weighted by Crippen LogP contribution is 2.13. The lowest BCUT2D eigenvalue weighted by atomic mass is 10.0. The van der Waals surface area contributed by atoms with Crippen LogP contribution < -0.4 is 11.5 Å². The Morgan fingerprint density at radius 2 is 1.12 bits per heavy atom. The van der Waals surface area contributed by atoms with Crippen molar-refractivity contribution in [1.29, 1.82) is 0 Å². The number of rotatable bonds is 3. The normalized spacial score (nSPS) is 9.67. The van der Waals surface area contributed by atoms with Crippen LogP contribution >= 0.6 is 0 Å². The second-order valence-corrected chi connectivity index (χ2v) is 5.37. The van der Waals surface area contributed by atoms with Crippen LogP contribution in [0, 0.1) is 0 Å². The highest BCUT2D eigenvalue weighted by Gasteiger charge is 1.96. The molecule has 4 nitrogen and oxygen atoms in total. The zero-order valence-electron chi connectivity index (χ0n) is 13.2. The van der Waals surface area contributed by atoms with Gasteiger partial charge in [0, 0.05) is 16.9 Å². The van der Waals surface area contributed by atoms with Gasteiger partial charge in [-0.05, 0) is 66.1 Å². The molecule has 0 aromatic heterocycles. The third-order valence-corrected chi connectivity index (χ3v) is 3.40. The summed E-state index contributed by atoms with van der Waals surface area (Å²) >= 11 is 0. The minimum atomic E-state index is 0.181. The molecule has 0 saturated heterocycles. The number of aldehydes is 1. The zero-order valence-corrected chi connectivity index (χ0v) is 13.2. The van der Waals surface area contributed by atoms with Crippen molar-refractivity contribution in [2.75, 3.05) is 11.5 Å². The lowest BCUT2D eigenvalue weighted by molar-refractivity contribution is 0.112. The van der Waals surface area contributed by atoms with Crippen LogP contribution in [0.25, 0.3) is 0 Å². The van der Waals surface area contributed by atoms with E-state index in [1.54, 1.807) is 12.1 Å². The molecule has 3 rings (SSSR count). The zero-order chi connectivity index (χ0) is 17.4. The number of carbonyl (C=O) groups excluding carboxylic acids is 1. The van der Waals surface area contributed by atoms with Crippen molar-refractivity contribution in [3.8, 4) is 5.75 Å². The van der Waals surface area contributed by atoms with Crippen molar-refractivity contribution in [2.45, 2.75) is 6.42 Å². The summed E-state index contributed by atoms with van der Waals surface area (Å²) in [6, 6.07) is 21.9. The molecule has 122 valence electrons. The Morgan fingerprint density at radius 1 is 0.708 bits per heavy atom. The van der Waals surface area contributed by atoms with Gasteiger partial charge in [0.1, 0.15) is 12.0 Å². The highest BCUT2D eigenvalue weighted by atomic mass is 16.3. The fraction of sp³-hybridized carbons (Fsp3) is 0.0500. The SMILES string of the molecule is Nc1ccc(Cc2ccc(N)cc2)cc1.O=Cc1ccc(O)cc1. The van der Waals surface area contributed by atoms with E-state index in [-0.39, 0.29) is 5.75 Å². The summed E-state index contributed by atoms with van der Waals surface area (Å²) in [5.74, 6) is 0.181. The van der Waals surface area contributed by atoms with Crippen LogP contribution in [0.15, 0.2) is 72.8 Å². The summed E-state index contributed by atoms with van der Waals surface area (Å²) in [4.78, 5) is 10.0. The standard InChI is InChI=1S/C13H14N2.C7H6O2/c14-12-5-1-10(2-6-12)9-11-3-7-13(15)8-4-11;8-5-6-1-3-7(9)4-2-6/h1-8H,9,14-15H2;1-5,9H. The third-order valence-electron chi connectivity index (χ3n) is 3.40. The Hall–Kier alpha value is -3.27. The smallest absolute Gasteiger partial charge is 0.150 e. The van der Waals surface area contributed by atoms with Gasteiger partial charge in [-0.2, -0.15) is 0 Å². The van der Waals surface area contributed by atoms with Gasteiger partial charge in [-0.3, -0.25) is 4.79 Å². The van der Waals surface area contributed by atoms with Gasteiger partial charge in [-0.25, -0.2) is 0 Å². The Balaban J connectivity index is 0.000000198. The van der Waals surface area contributed by atoms with Crippen LogP contribution in [0.2, 0.25) is 0 Å². The Labute approximate surface area is 141 Å². The van der Waals surface area contributed by atoms with E-state index in [0.717, 1.165) is 24.1 Å². The molecule has 0 aliphatic carbocycles.